The predicted octanol–water partition coefficient (Wildman–Crippen LogP) is 3.69. The van der Waals surface area contributed by atoms with Gasteiger partial charge in [-0.1, -0.05) is 13.5 Å². The molecule has 0 N–H and O–H groups in total. The van der Waals surface area contributed by atoms with Gasteiger partial charge in [0.05, 0.1) is 0 Å². The normalized spacial score (nSPS) is 24.4. The van der Waals surface area contributed by atoms with Crippen molar-refractivity contribution in [2.75, 3.05) is 13.4 Å². The molecule has 0 unspecified atom stereocenters. The van der Waals surface area contributed by atoms with Crippen LogP contribution in [0.25, 0.3) is 0 Å². The summed E-state index contributed by atoms with van der Waals surface area (Å²) in [6.07, 6.45) is 1.14. The minimum atomic E-state index is -1.22. The third kappa shape index (κ3) is 4.07. The number of aryl methyl sites for hydroxylation is 1. The second-order valence-electron chi connectivity index (χ2n) is 7.39. The highest BCUT2D eigenvalue weighted by atomic mass is 19.1. The maximum Gasteiger partial charge on any atom is 0.317 e. The SMILES string of the molecule is C=C(F)COC(=O)[C@@H]1C[C@]2([C@@H](C)Cc3cc(F)c(C)cc3F)OCOC2=CC1=O. The van der Waals surface area contributed by atoms with E-state index in [1.54, 1.807) is 6.92 Å². The van der Waals surface area contributed by atoms with Gasteiger partial charge in [-0.25, -0.2) is 13.2 Å². The average molecular weight is 410 g/mol. The molecule has 2 aliphatic rings. The lowest BCUT2D eigenvalue weighted by atomic mass is 9.72. The van der Waals surface area contributed by atoms with Crippen molar-refractivity contribution >= 4 is 11.8 Å². The molecule has 0 amide bonds. The van der Waals surface area contributed by atoms with Gasteiger partial charge in [0.25, 0.3) is 0 Å². The van der Waals surface area contributed by atoms with E-state index in [9.17, 15) is 22.8 Å². The van der Waals surface area contributed by atoms with E-state index in [2.05, 4.69) is 6.58 Å². The molecule has 1 fully saturated rings. The fourth-order valence-electron chi connectivity index (χ4n) is 3.72. The highest BCUT2D eigenvalue weighted by Crippen LogP contribution is 2.46. The summed E-state index contributed by atoms with van der Waals surface area (Å²) in [5.74, 6) is -4.83. The molecule has 0 spiro atoms. The molecule has 0 radical (unpaired) electrons. The Morgan fingerprint density at radius 1 is 1.38 bits per heavy atom. The average Bonchev–Trinajstić information content (AvgIpc) is 3.07. The molecule has 1 aromatic rings. The first-order chi connectivity index (χ1) is 13.6. The summed E-state index contributed by atoms with van der Waals surface area (Å²) in [4.78, 5) is 24.6. The quantitative estimate of drug-likeness (QED) is 0.529. The summed E-state index contributed by atoms with van der Waals surface area (Å²) in [6.45, 7) is 5.42. The van der Waals surface area contributed by atoms with Crippen molar-refractivity contribution in [3.63, 3.8) is 0 Å². The van der Waals surface area contributed by atoms with Crippen LogP contribution in [0.3, 0.4) is 0 Å². The maximum atomic E-state index is 14.3. The minimum Gasteiger partial charge on any atom is -0.469 e. The monoisotopic (exact) mass is 410 g/mol. The fraction of sp³-hybridized carbons (Fsp3) is 0.429. The lowest BCUT2D eigenvalue weighted by molar-refractivity contribution is -0.155. The first kappa shape index (κ1) is 21.1. The van der Waals surface area contributed by atoms with Gasteiger partial charge in [0.1, 0.15) is 41.3 Å². The smallest absolute Gasteiger partial charge is 0.317 e. The molecule has 1 heterocycles. The van der Waals surface area contributed by atoms with Crippen molar-refractivity contribution < 1.29 is 37.0 Å². The predicted molar refractivity (Wildman–Crippen MR) is 96.1 cm³/mol. The second kappa shape index (κ2) is 8.02. The van der Waals surface area contributed by atoms with Gasteiger partial charge in [0, 0.05) is 12.5 Å². The van der Waals surface area contributed by atoms with Crippen LogP contribution in [0, 0.1) is 30.4 Å². The highest BCUT2D eigenvalue weighted by molar-refractivity contribution is 6.06. The van der Waals surface area contributed by atoms with Crippen LogP contribution in [0.1, 0.15) is 24.5 Å². The van der Waals surface area contributed by atoms with Gasteiger partial charge in [-0.15, -0.1) is 0 Å². The Labute approximate surface area is 166 Å². The summed E-state index contributed by atoms with van der Waals surface area (Å²) in [6, 6.07) is 2.25. The third-order valence-electron chi connectivity index (χ3n) is 5.38. The molecule has 29 heavy (non-hydrogen) atoms. The Bertz CT molecular complexity index is 895. The van der Waals surface area contributed by atoms with Gasteiger partial charge in [0.15, 0.2) is 12.6 Å². The van der Waals surface area contributed by atoms with E-state index in [1.807, 2.05) is 0 Å². The molecule has 156 valence electrons. The third-order valence-corrected chi connectivity index (χ3v) is 5.38. The van der Waals surface area contributed by atoms with Gasteiger partial charge >= 0.3 is 5.97 Å². The molecular weight excluding hydrogens is 389 g/mol. The van der Waals surface area contributed by atoms with Crippen LogP contribution >= 0.6 is 0 Å². The molecule has 1 aliphatic carbocycles. The molecule has 1 aliphatic heterocycles. The summed E-state index contributed by atoms with van der Waals surface area (Å²) >= 11 is 0. The Balaban J connectivity index is 1.86. The van der Waals surface area contributed by atoms with Crippen molar-refractivity contribution in [3.8, 4) is 0 Å². The maximum absolute atomic E-state index is 14.3. The summed E-state index contributed by atoms with van der Waals surface area (Å²) in [7, 11) is 0. The van der Waals surface area contributed by atoms with Crippen LogP contribution < -0.4 is 0 Å². The zero-order valence-electron chi connectivity index (χ0n) is 16.1. The minimum absolute atomic E-state index is 0.0843. The van der Waals surface area contributed by atoms with Gasteiger partial charge in [-0.05, 0) is 42.5 Å². The van der Waals surface area contributed by atoms with Gasteiger partial charge < -0.3 is 14.2 Å². The van der Waals surface area contributed by atoms with Crippen LogP contribution in [0.2, 0.25) is 0 Å². The topological polar surface area (TPSA) is 61.8 Å². The lowest BCUT2D eigenvalue weighted by Gasteiger charge is -2.37. The molecule has 5 nitrogen and oxygen atoms in total. The number of fused-ring (bicyclic) bond motifs is 1. The summed E-state index contributed by atoms with van der Waals surface area (Å²) in [5.41, 5.74) is -0.841. The van der Waals surface area contributed by atoms with Crippen molar-refractivity contribution in [2.24, 2.45) is 11.8 Å². The number of ketones is 1. The van der Waals surface area contributed by atoms with E-state index >= 15 is 0 Å². The molecule has 3 atom stereocenters. The molecule has 0 bridgehead atoms. The number of esters is 1. The first-order valence-corrected chi connectivity index (χ1v) is 9.11. The number of carbonyl (C=O) groups excluding carboxylic acids is 2. The molecule has 1 saturated heterocycles. The van der Waals surface area contributed by atoms with Crippen molar-refractivity contribution in [1.82, 2.24) is 0 Å². The van der Waals surface area contributed by atoms with E-state index < -0.39 is 53.3 Å². The van der Waals surface area contributed by atoms with Crippen LogP contribution in [0.5, 0.6) is 0 Å². The number of rotatable bonds is 6. The fourth-order valence-corrected chi connectivity index (χ4v) is 3.72. The van der Waals surface area contributed by atoms with Crippen LogP contribution in [-0.2, 0) is 30.2 Å². The number of benzene rings is 1. The van der Waals surface area contributed by atoms with E-state index in [0.29, 0.717) is 0 Å². The second-order valence-corrected chi connectivity index (χ2v) is 7.39. The molecule has 0 saturated carbocycles. The molecule has 8 heteroatoms. The number of hydrogen-bond acceptors (Lipinski definition) is 5. The van der Waals surface area contributed by atoms with Crippen LogP contribution in [0.15, 0.2) is 36.4 Å². The molecule has 3 rings (SSSR count). The number of ether oxygens (including phenoxy) is 3. The Morgan fingerprint density at radius 3 is 2.79 bits per heavy atom. The Hall–Kier alpha value is -2.61. The molecular formula is C21H21F3O5. The summed E-state index contributed by atoms with van der Waals surface area (Å²) in [5, 5.41) is 0. The van der Waals surface area contributed by atoms with E-state index in [-0.39, 0.29) is 36.5 Å². The van der Waals surface area contributed by atoms with E-state index in [4.69, 9.17) is 14.2 Å². The van der Waals surface area contributed by atoms with Crippen LogP contribution in [-0.4, -0.2) is 30.8 Å². The van der Waals surface area contributed by atoms with Crippen molar-refractivity contribution in [2.45, 2.75) is 32.3 Å². The van der Waals surface area contributed by atoms with Crippen molar-refractivity contribution in [1.29, 1.82) is 0 Å². The van der Waals surface area contributed by atoms with Gasteiger partial charge in [-0.3, -0.25) is 9.59 Å². The lowest BCUT2D eigenvalue weighted by Crippen LogP contribution is -2.47. The largest absolute Gasteiger partial charge is 0.469 e. The number of allylic oxidation sites excluding steroid dienone is 1. The first-order valence-electron chi connectivity index (χ1n) is 9.11. The Kier molecular flexibility index (Phi) is 5.84. The molecule has 0 aromatic heterocycles. The van der Waals surface area contributed by atoms with E-state index in [1.165, 1.54) is 6.92 Å². The zero-order valence-corrected chi connectivity index (χ0v) is 16.1. The number of hydrogen-bond donors (Lipinski definition) is 0. The molecule has 1 aromatic carbocycles. The van der Waals surface area contributed by atoms with Crippen LogP contribution in [0.4, 0.5) is 13.2 Å². The summed E-state index contributed by atoms with van der Waals surface area (Å²) < 4.78 is 57.0. The standard InChI is InChI=1S/C21H21F3O5/c1-11-4-17(24)14(6-16(11)23)5-12(2)21-8-15(20(26)27-9-13(3)22)18(25)7-19(21)28-10-29-21/h4,6-7,12,15H,3,5,8-10H2,1-2H3/t12-,15+,21+/m0/s1. The van der Waals surface area contributed by atoms with Crippen molar-refractivity contribution in [3.05, 3.63) is 59.1 Å². The van der Waals surface area contributed by atoms with E-state index in [0.717, 1.165) is 18.2 Å². The number of halogens is 3. The zero-order chi connectivity index (χ0) is 21.3. The van der Waals surface area contributed by atoms with Gasteiger partial charge in [0.2, 0.25) is 0 Å². The van der Waals surface area contributed by atoms with Gasteiger partial charge in [-0.2, -0.15) is 0 Å². The highest BCUT2D eigenvalue weighted by Gasteiger charge is 2.54. The Morgan fingerprint density at radius 2 is 2.10 bits per heavy atom. The number of carbonyl (C=O) groups is 2.